The van der Waals surface area contributed by atoms with E-state index in [1.807, 2.05) is 0 Å². The molecule has 1 amide bonds. The minimum Gasteiger partial charge on any atom is -0.469 e. The molecule has 0 heterocycles. The molecule has 0 saturated carbocycles. The van der Waals surface area contributed by atoms with Gasteiger partial charge in [0.25, 0.3) is 0 Å². The van der Waals surface area contributed by atoms with Gasteiger partial charge in [-0.25, -0.2) is 0 Å². The van der Waals surface area contributed by atoms with E-state index in [4.69, 9.17) is 4.74 Å². The van der Waals surface area contributed by atoms with Gasteiger partial charge in [0.15, 0.2) is 0 Å². The first-order valence-electron chi connectivity index (χ1n) is 6.59. The Balaban J connectivity index is 3.39. The smallest absolute Gasteiger partial charge is 0.306 e. The number of amides is 1. The van der Waals surface area contributed by atoms with Crippen molar-refractivity contribution in [2.45, 2.75) is 45.4 Å². The number of rotatable bonds is 10. The van der Waals surface area contributed by atoms with E-state index in [2.05, 4.69) is 10.1 Å². The van der Waals surface area contributed by atoms with Crippen molar-refractivity contribution in [3.8, 4) is 0 Å². The first-order chi connectivity index (χ1) is 9.10. The van der Waals surface area contributed by atoms with E-state index in [0.29, 0.717) is 19.6 Å². The third-order valence-electron chi connectivity index (χ3n) is 2.47. The molecule has 6 nitrogen and oxygen atoms in total. The minimum atomic E-state index is -0.351. The van der Waals surface area contributed by atoms with E-state index in [9.17, 15) is 14.4 Å². The second-order valence-corrected chi connectivity index (χ2v) is 4.04. The third kappa shape index (κ3) is 11.2. The fraction of sp³-hybridized carbons (Fsp3) is 0.769. The van der Waals surface area contributed by atoms with Crippen LogP contribution in [0.1, 0.15) is 45.4 Å². The van der Waals surface area contributed by atoms with Crippen molar-refractivity contribution in [1.29, 1.82) is 0 Å². The van der Waals surface area contributed by atoms with E-state index < -0.39 is 0 Å². The van der Waals surface area contributed by atoms with Gasteiger partial charge in [0.05, 0.1) is 20.1 Å². The summed E-state index contributed by atoms with van der Waals surface area (Å²) in [5, 5.41) is 2.72. The molecule has 0 aromatic rings. The highest BCUT2D eigenvalue weighted by molar-refractivity contribution is 5.81. The number of carbonyl (C=O) groups is 3. The minimum absolute atomic E-state index is 0.113. The molecule has 0 radical (unpaired) electrons. The van der Waals surface area contributed by atoms with Gasteiger partial charge in [0.2, 0.25) is 5.91 Å². The highest BCUT2D eigenvalue weighted by Gasteiger charge is 2.06. The maximum atomic E-state index is 11.3. The fourth-order valence-corrected chi connectivity index (χ4v) is 1.44. The third-order valence-corrected chi connectivity index (χ3v) is 2.47. The summed E-state index contributed by atoms with van der Waals surface area (Å²) in [6.45, 7) is 2.62. The number of carbonyl (C=O) groups excluding carboxylic acids is 3. The van der Waals surface area contributed by atoms with Gasteiger partial charge in [0, 0.05) is 19.4 Å². The maximum absolute atomic E-state index is 11.3. The van der Waals surface area contributed by atoms with E-state index in [0.717, 1.165) is 19.3 Å². The summed E-state index contributed by atoms with van der Waals surface area (Å²) in [6.07, 6.45) is 3.09. The number of unbranched alkanes of at least 4 members (excludes halogenated alkanes) is 2. The molecule has 0 fully saturated rings. The first-order valence-corrected chi connectivity index (χ1v) is 6.59. The van der Waals surface area contributed by atoms with Crippen LogP contribution in [0.5, 0.6) is 0 Å². The SMILES string of the molecule is CCOC(=O)CCC(=O)NCCCCCC(=O)OC. The normalized spacial score (nSPS) is 9.79. The Morgan fingerprint density at radius 2 is 1.68 bits per heavy atom. The molecule has 0 bridgehead atoms. The van der Waals surface area contributed by atoms with Crippen LogP contribution < -0.4 is 5.32 Å². The van der Waals surface area contributed by atoms with Crippen molar-refractivity contribution in [3.63, 3.8) is 0 Å². The summed E-state index contributed by atoms with van der Waals surface area (Å²) < 4.78 is 9.24. The Labute approximate surface area is 113 Å². The van der Waals surface area contributed by atoms with Gasteiger partial charge in [-0.15, -0.1) is 0 Å². The summed E-state index contributed by atoms with van der Waals surface area (Å²) in [4.78, 5) is 33.2. The number of nitrogens with one attached hydrogen (secondary N) is 1. The summed E-state index contributed by atoms with van der Waals surface area (Å²) in [6, 6.07) is 0. The lowest BCUT2D eigenvalue weighted by Crippen LogP contribution is -2.25. The molecule has 0 atom stereocenters. The number of methoxy groups -OCH3 is 1. The van der Waals surface area contributed by atoms with E-state index in [-0.39, 0.29) is 30.7 Å². The second kappa shape index (κ2) is 11.5. The molecule has 0 aromatic carbocycles. The summed E-state index contributed by atoms with van der Waals surface area (Å²) >= 11 is 0. The molecule has 0 aliphatic heterocycles. The Morgan fingerprint density at radius 3 is 2.32 bits per heavy atom. The molecule has 1 N–H and O–H groups in total. The standard InChI is InChI=1S/C13H23NO5/c1-3-19-13(17)9-8-11(15)14-10-6-4-5-7-12(16)18-2/h3-10H2,1-2H3,(H,14,15). The molecule has 0 aromatic heterocycles. The van der Waals surface area contributed by atoms with E-state index in [1.54, 1.807) is 6.92 Å². The van der Waals surface area contributed by atoms with Crippen LogP contribution in [0, 0.1) is 0 Å². The second-order valence-electron chi connectivity index (χ2n) is 4.04. The molecule has 0 spiro atoms. The molecule has 0 rings (SSSR count). The van der Waals surface area contributed by atoms with Crippen LogP contribution >= 0.6 is 0 Å². The average molecular weight is 273 g/mol. The molecule has 110 valence electrons. The Kier molecular flexibility index (Phi) is 10.5. The van der Waals surface area contributed by atoms with Crippen molar-refractivity contribution in [2.75, 3.05) is 20.3 Å². The molecule has 0 saturated heterocycles. The van der Waals surface area contributed by atoms with Gasteiger partial charge >= 0.3 is 11.9 Å². The lowest BCUT2D eigenvalue weighted by atomic mass is 10.2. The quantitative estimate of drug-likeness (QED) is 0.477. The van der Waals surface area contributed by atoms with Crippen molar-refractivity contribution >= 4 is 17.8 Å². The Hall–Kier alpha value is -1.59. The van der Waals surface area contributed by atoms with Crippen LogP contribution in [0.3, 0.4) is 0 Å². The summed E-state index contributed by atoms with van der Waals surface area (Å²) in [5.41, 5.74) is 0. The number of hydrogen-bond acceptors (Lipinski definition) is 5. The van der Waals surface area contributed by atoms with Gasteiger partial charge in [-0.3, -0.25) is 14.4 Å². The van der Waals surface area contributed by atoms with Crippen LogP contribution in [0.4, 0.5) is 0 Å². The molecular formula is C13H23NO5. The first kappa shape index (κ1) is 17.4. The molecule has 6 heteroatoms. The molecule has 0 unspecified atom stereocenters. The lowest BCUT2D eigenvalue weighted by molar-refractivity contribution is -0.144. The molecule has 0 aliphatic rings. The van der Waals surface area contributed by atoms with Gasteiger partial charge in [-0.1, -0.05) is 6.42 Å². The monoisotopic (exact) mass is 273 g/mol. The topological polar surface area (TPSA) is 81.7 Å². The maximum Gasteiger partial charge on any atom is 0.306 e. The van der Waals surface area contributed by atoms with Gasteiger partial charge < -0.3 is 14.8 Å². The van der Waals surface area contributed by atoms with Crippen molar-refractivity contribution < 1.29 is 23.9 Å². The molecule has 0 aliphatic carbocycles. The highest BCUT2D eigenvalue weighted by Crippen LogP contribution is 2.00. The van der Waals surface area contributed by atoms with E-state index in [1.165, 1.54) is 7.11 Å². The van der Waals surface area contributed by atoms with Crippen LogP contribution in [0.15, 0.2) is 0 Å². The Bertz CT molecular complexity index is 291. The van der Waals surface area contributed by atoms with Gasteiger partial charge in [-0.05, 0) is 19.8 Å². The van der Waals surface area contributed by atoms with Crippen molar-refractivity contribution in [1.82, 2.24) is 5.32 Å². The summed E-state index contributed by atoms with van der Waals surface area (Å²) in [7, 11) is 1.37. The average Bonchev–Trinajstić information content (AvgIpc) is 2.40. The zero-order valence-corrected chi connectivity index (χ0v) is 11.7. The van der Waals surface area contributed by atoms with Crippen LogP contribution in [0.2, 0.25) is 0 Å². The molecule has 19 heavy (non-hydrogen) atoms. The number of ether oxygens (including phenoxy) is 2. The number of hydrogen-bond donors (Lipinski definition) is 1. The highest BCUT2D eigenvalue weighted by atomic mass is 16.5. The van der Waals surface area contributed by atoms with Crippen molar-refractivity contribution in [3.05, 3.63) is 0 Å². The predicted octanol–water partition coefficient (Wildman–Crippen LogP) is 1.18. The zero-order chi connectivity index (χ0) is 14.5. The van der Waals surface area contributed by atoms with Gasteiger partial charge in [0.1, 0.15) is 0 Å². The predicted molar refractivity (Wildman–Crippen MR) is 69.4 cm³/mol. The van der Waals surface area contributed by atoms with Crippen LogP contribution in [0.25, 0.3) is 0 Å². The van der Waals surface area contributed by atoms with Gasteiger partial charge in [-0.2, -0.15) is 0 Å². The van der Waals surface area contributed by atoms with Crippen LogP contribution in [-0.4, -0.2) is 38.1 Å². The number of esters is 2. The lowest BCUT2D eigenvalue weighted by Gasteiger charge is -2.05. The van der Waals surface area contributed by atoms with Crippen molar-refractivity contribution in [2.24, 2.45) is 0 Å². The Morgan fingerprint density at radius 1 is 0.947 bits per heavy atom. The van der Waals surface area contributed by atoms with E-state index >= 15 is 0 Å². The largest absolute Gasteiger partial charge is 0.469 e. The van der Waals surface area contributed by atoms with Crippen LogP contribution in [-0.2, 0) is 23.9 Å². The zero-order valence-electron chi connectivity index (χ0n) is 11.7. The summed E-state index contributed by atoms with van der Waals surface area (Å²) in [5.74, 6) is -0.713. The fourth-order valence-electron chi connectivity index (χ4n) is 1.44. The molecular weight excluding hydrogens is 250 g/mol.